The fourth-order valence-electron chi connectivity index (χ4n) is 2.56. The lowest BCUT2D eigenvalue weighted by Gasteiger charge is -2.25. The minimum absolute atomic E-state index is 0.194. The minimum atomic E-state index is -0.313. The minimum Gasteiger partial charge on any atom is -0.494 e. The number of benzene rings is 1. The Bertz CT molecular complexity index is 783. The van der Waals surface area contributed by atoms with Gasteiger partial charge in [0.1, 0.15) is 19.5 Å². The van der Waals surface area contributed by atoms with E-state index < -0.39 is 0 Å². The van der Waals surface area contributed by atoms with Crippen LogP contribution in [0.2, 0.25) is 0 Å². The quantitative estimate of drug-likeness (QED) is 0.915. The molecule has 0 spiro atoms. The van der Waals surface area contributed by atoms with Crippen molar-refractivity contribution in [3.05, 3.63) is 30.2 Å². The highest BCUT2D eigenvalue weighted by Crippen LogP contribution is 2.31. The number of nitrogens with one attached hydrogen (secondary N) is 1. The third-order valence-corrected chi connectivity index (χ3v) is 4.87. The summed E-state index contributed by atoms with van der Waals surface area (Å²) >= 11 is 1.62. The van der Waals surface area contributed by atoms with Crippen LogP contribution >= 0.6 is 11.3 Å². The lowest BCUT2D eigenvalue weighted by Crippen LogP contribution is -2.36. The molecule has 0 unspecified atom stereocenters. The van der Waals surface area contributed by atoms with Crippen LogP contribution in [0.5, 0.6) is 0 Å². The Kier molecular flexibility index (Phi) is 4.22. The molecule has 2 aliphatic rings. The molecule has 1 aromatic heterocycles. The third-order valence-electron chi connectivity index (χ3n) is 3.79. The maximum atomic E-state index is 12.1. The van der Waals surface area contributed by atoms with E-state index in [1.54, 1.807) is 11.3 Å². The zero-order valence-electron chi connectivity index (χ0n) is 13.0. The topological polar surface area (TPSA) is 72.9 Å². The predicted octanol–water partition coefficient (Wildman–Crippen LogP) is 1.96. The van der Waals surface area contributed by atoms with E-state index in [2.05, 4.69) is 15.2 Å². The number of carbonyl (C=O) groups excluding carboxylic acids is 1. The first-order valence-corrected chi connectivity index (χ1v) is 8.60. The fraction of sp³-hybridized carbons (Fsp3) is 0.375. The largest absolute Gasteiger partial charge is 0.494 e. The van der Waals surface area contributed by atoms with E-state index in [1.165, 1.54) is 6.26 Å². The number of rotatable bonds is 3. The maximum absolute atomic E-state index is 12.1. The standard InChI is InChI=1S/C16H17N3O4S/c20-15(13-10-22-7-8-23-13)17-11-1-2-12-14(9-11)24-16(18-12)19-3-5-21-6-4-19/h1-2,9-10H,3-8H2,(H,17,20). The van der Waals surface area contributed by atoms with Crippen LogP contribution in [0.15, 0.2) is 30.2 Å². The Morgan fingerprint density at radius 3 is 2.88 bits per heavy atom. The van der Waals surface area contributed by atoms with E-state index in [1.807, 2.05) is 18.2 Å². The van der Waals surface area contributed by atoms with E-state index in [4.69, 9.17) is 14.2 Å². The van der Waals surface area contributed by atoms with Gasteiger partial charge in [-0.25, -0.2) is 4.98 Å². The summed E-state index contributed by atoms with van der Waals surface area (Å²) in [6, 6.07) is 5.68. The van der Waals surface area contributed by atoms with Crippen molar-refractivity contribution in [2.24, 2.45) is 0 Å². The van der Waals surface area contributed by atoms with Gasteiger partial charge >= 0.3 is 0 Å². The molecule has 1 saturated heterocycles. The van der Waals surface area contributed by atoms with Crippen LogP contribution in [0.3, 0.4) is 0 Å². The number of fused-ring (bicyclic) bond motifs is 1. The van der Waals surface area contributed by atoms with Crippen molar-refractivity contribution in [1.82, 2.24) is 4.98 Å². The van der Waals surface area contributed by atoms with Crippen molar-refractivity contribution in [2.45, 2.75) is 0 Å². The summed E-state index contributed by atoms with van der Waals surface area (Å²) in [5.74, 6) is -0.119. The SMILES string of the molecule is O=C(Nc1ccc2nc(N3CCOCC3)sc2c1)C1=COCCO1. The molecule has 24 heavy (non-hydrogen) atoms. The summed E-state index contributed by atoms with van der Waals surface area (Å²) in [4.78, 5) is 19.0. The molecule has 0 bridgehead atoms. The Hall–Kier alpha value is -2.32. The Morgan fingerprint density at radius 2 is 2.08 bits per heavy atom. The molecule has 2 aliphatic heterocycles. The van der Waals surface area contributed by atoms with Crippen LogP contribution in [0.25, 0.3) is 10.2 Å². The van der Waals surface area contributed by atoms with E-state index >= 15 is 0 Å². The van der Waals surface area contributed by atoms with Crippen LogP contribution in [-0.4, -0.2) is 50.4 Å². The van der Waals surface area contributed by atoms with Crippen LogP contribution < -0.4 is 10.2 Å². The van der Waals surface area contributed by atoms with E-state index in [0.717, 1.165) is 41.7 Å². The van der Waals surface area contributed by atoms with Gasteiger partial charge < -0.3 is 24.4 Å². The number of ether oxygens (including phenoxy) is 3. The number of amides is 1. The van der Waals surface area contributed by atoms with Gasteiger partial charge in [-0.15, -0.1) is 0 Å². The zero-order chi connectivity index (χ0) is 16.4. The first-order valence-electron chi connectivity index (χ1n) is 7.79. The highest BCUT2D eigenvalue weighted by Gasteiger charge is 2.17. The average molecular weight is 347 g/mol. The number of hydrogen-bond donors (Lipinski definition) is 1. The number of morpholine rings is 1. The van der Waals surface area contributed by atoms with E-state index in [9.17, 15) is 4.79 Å². The summed E-state index contributed by atoms with van der Waals surface area (Å²) in [6.45, 7) is 4.02. The molecule has 2 aromatic rings. The summed E-state index contributed by atoms with van der Waals surface area (Å²) < 4.78 is 16.8. The molecule has 1 N–H and O–H groups in total. The molecule has 4 rings (SSSR count). The summed E-state index contributed by atoms with van der Waals surface area (Å²) in [5, 5.41) is 3.81. The Balaban J connectivity index is 1.52. The molecular weight excluding hydrogens is 330 g/mol. The maximum Gasteiger partial charge on any atom is 0.294 e. The van der Waals surface area contributed by atoms with Crippen molar-refractivity contribution in [1.29, 1.82) is 0 Å². The number of thiazole rings is 1. The first kappa shape index (κ1) is 15.2. The van der Waals surface area contributed by atoms with Crippen LogP contribution in [0.1, 0.15) is 0 Å². The molecule has 1 fully saturated rings. The number of carbonyl (C=O) groups is 1. The molecule has 8 heteroatoms. The Morgan fingerprint density at radius 1 is 1.21 bits per heavy atom. The van der Waals surface area contributed by atoms with Gasteiger partial charge in [-0.3, -0.25) is 4.79 Å². The summed E-state index contributed by atoms with van der Waals surface area (Å²) in [5.41, 5.74) is 1.63. The van der Waals surface area contributed by atoms with Crippen molar-refractivity contribution in [3.8, 4) is 0 Å². The summed E-state index contributed by atoms with van der Waals surface area (Å²) in [6.07, 6.45) is 1.35. The molecule has 1 aromatic carbocycles. The van der Waals surface area contributed by atoms with Gasteiger partial charge in [0.2, 0.25) is 5.76 Å². The predicted molar refractivity (Wildman–Crippen MR) is 91.3 cm³/mol. The number of nitrogens with zero attached hydrogens (tertiary/aromatic N) is 2. The molecule has 0 saturated carbocycles. The van der Waals surface area contributed by atoms with Crippen LogP contribution in [0, 0.1) is 0 Å². The second-order valence-corrected chi connectivity index (χ2v) is 6.44. The molecule has 0 aliphatic carbocycles. The molecule has 1 amide bonds. The second-order valence-electron chi connectivity index (χ2n) is 5.43. The van der Waals surface area contributed by atoms with Crippen LogP contribution in [0.4, 0.5) is 10.8 Å². The van der Waals surface area contributed by atoms with Gasteiger partial charge in [-0.1, -0.05) is 11.3 Å². The number of anilines is 2. The van der Waals surface area contributed by atoms with E-state index in [0.29, 0.717) is 18.9 Å². The molecule has 0 radical (unpaired) electrons. The fourth-order valence-corrected chi connectivity index (χ4v) is 3.62. The Labute approximate surface area is 142 Å². The van der Waals surface area contributed by atoms with Gasteiger partial charge in [0.15, 0.2) is 5.13 Å². The second kappa shape index (κ2) is 6.66. The van der Waals surface area contributed by atoms with Crippen molar-refractivity contribution in [2.75, 3.05) is 49.7 Å². The molecular formula is C16H17N3O4S. The smallest absolute Gasteiger partial charge is 0.294 e. The average Bonchev–Trinajstić information content (AvgIpc) is 3.06. The zero-order valence-corrected chi connectivity index (χ0v) is 13.8. The van der Waals surface area contributed by atoms with Gasteiger partial charge in [-0.2, -0.15) is 0 Å². The van der Waals surface area contributed by atoms with Crippen LogP contribution in [-0.2, 0) is 19.0 Å². The van der Waals surface area contributed by atoms with Gasteiger partial charge in [-0.05, 0) is 18.2 Å². The summed E-state index contributed by atoms with van der Waals surface area (Å²) in [7, 11) is 0. The highest BCUT2D eigenvalue weighted by atomic mass is 32.1. The highest BCUT2D eigenvalue weighted by molar-refractivity contribution is 7.22. The molecule has 0 atom stereocenters. The van der Waals surface area contributed by atoms with Gasteiger partial charge in [0.25, 0.3) is 5.91 Å². The third kappa shape index (κ3) is 3.15. The molecule has 7 nitrogen and oxygen atoms in total. The first-order chi connectivity index (χ1) is 11.8. The number of aromatic nitrogens is 1. The van der Waals surface area contributed by atoms with Gasteiger partial charge in [0.05, 0.1) is 23.4 Å². The van der Waals surface area contributed by atoms with Gasteiger partial charge in [0, 0.05) is 18.8 Å². The molecule has 3 heterocycles. The number of hydrogen-bond acceptors (Lipinski definition) is 7. The van der Waals surface area contributed by atoms with Crippen molar-refractivity contribution < 1.29 is 19.0 Å². The monoisotopic (exact) mass is 347 g/mol. The lowest BCUT2D eigenvalue weighted by atomic mass is 10.3. The van der Waals surface area contributed by atoms with E-state index in [-0.39, 0.29) is 11.7 Å². The normalized spacial score (nSPS) is 17.8. The van der Waals surface area contributed by atoms with Crippen molar-refractivity contribution in [3.63, 3.8) is 0 Å². The lowest BCUT2D eigenvalue weighted by molar-refractivity contribution is -0.117. The van der Waals surface area contributed by atoms with Crippen molar-refractivity contribution >= 4 is 38.3 Å². The molecule has 126 valence electrons.